The van der Waals surface area contributed by atoms with Crippen molar-refractivity contribution in [2.75, 3.05) is 13.2 Å². The molecule has 8 heteroatoms. The lowest BCUT2D eigenvalue weighted by Gasteiger charge is -2.10. The maximum absolute atomic E-state index is 14.1. The zero-order valence-corrected chi connectivity index (χ0v) is 12.3. The zero-order valence-electron chi connectivity index (χ0n) is 12.3. The molecule has 0 saturated heterocycles. The van der Waals surface area contributed by atoms with Crippen molar-refractivity contribution in [3.63, 3.8) is 0 Å². The Hall–Kier alpha value is -3.03. The van der Waals surface area contributed by atoms with Crippen LogP contribution in [-0.4, -0.2) is 29.3 Å². The number of carboxylic acid groups (broad SMARTS) is 1. The summed E-state index contributed by atoms with van der Waals surface area (Å²) in [5, 5.41) is 10.4. The van der Waals surface area contributed by atoms with Gasteiger partial charge >= 0.3 is 6.09 Å². The van der Waals surface area contributed by atoms with Crippen molar-refractivity contribution < 1.29 is 27.8 Å². The van der Waals surface area contributed by atoms with Gasteiger partial charge in [0.15, 0.2) is 5.82 Å². The Kier molecular flexibility index (Phi) is 5.78. The second kappa shape index (κ2) is 8.00. The SMILES string of the molecule is O=C(O)NCC(=CF)COc1cnc(-c2ccc(F)cc2)c(F)c1. The lowest BCUT2D eigenvalue weighted by molar-refractivity contribution is 0.195. The van der Waals surface area contributed by atoms with E-state index >= 15 is 0 Å². The monoisotopic (exact) mass is 338 g/mol. The highest BCUT2D eigenvalue weighted by atomic mass is 19.1. The van der Waals surface area contributed by atoms with Gasteiger partial charge in [0.1, 0.15) is 23.9 Å². The number of aromatic nitrogens is 1. The molecule has 1 heterocycles. The second-order valence-electron chi connectivity index (χ2n) is 4.72. The first-order chi connectivity index (χ1) is 11.5. The molecule has 0 aliphatic rings. The van der Waals surface area contributed by atoms with Crippen LogP contribution >= 0.6 is 0 Å². The Morgan fingerprint density at radius 3 is 2.58 bits per heavy atom. The summed E-state index contributed by atoms with van der Waals surface area (Å²) in [4.78, 5) is 14.3. The molecule has 24 heavy (non-hydrogen) atoms. The fourth-order valence-electron chi connectivity index (χ4n) is 1.81. The molecule has 0 bridgehead atoms. The van der Waals surface area contributed by atoms with Gasteiger partial charge in [-0.15, -0.1) is 0 Å². The van der Waals surface area contributed by atoms with E-state index in [2.05, 4.69) is 4.98 Å². The van der Waals surface area contributed by atoms with Crippen molar-refractivity contribution in [2.24, 2.45) is 0 Å². The van der Waals surface area contributed by atoms with Crippen molar-refractivity contribution in [3.05, 3.63) is 60.1 Å². The van der Waals surface area contributed by atoms with Gasteiger partial charge in [-0.3, -0.25) is 0 Å². The zero-order chi connectivity index (χ0) is 17.5. The molecule has 0 atom stereocenters. The van der Waals surface area contributed by atoms with Gasteiger partial charge in [0.25, 0.3) is 0 Å². The summed E-state index contributed by atoms with van der Waals surface area (Å²) in [6, 6.07) is 6.22. The van der Waals surface area contributed by atoms with Gasteiger partial charge < -0.3 is 15.2 Å². The van der Waals surface area contributed by atoms with Crippen LogP contribution in [0.1, 0.15) is 0 Å². The van der Waals surface area contributed by atoms with E-state index in [4.69, 9.17) is 9.84 Å². The third kappa shape index (κ3) is 4.73. The number of nitrogens with one attached hydrogen (secondary N) is 1. The van der Waals surface area contributed by atoms with Crippen molar-refractivity contribution in [1.82, 2.24) is 10.3 Å². The van der Waals surface area contributed by atoms with Crippen molar-refractivity contribution in [1.29, 1.82) is 0 Å². The van der Waals surface area contributed by atoms with Gasteiger partial charge in [-0.05, 0) is 24.3 Å². The molecule has 2 rings (SSSR count). The van der Waals surface area contributed by atoms with Gasteiger partial charge in [0.05, 0.1) is 12.5 Å². The lowest BCUT2D eigenvalue weighted by Crippen LogP contribution is -2.25. The summed E-state index contributed by atoms with van der Waals surface area (Å²) >= 11 is 0. The number of rotatable bonds is 6. The number of amides is 1. The first-order valence-electron chi connectivity index (χ1n) is 6.79. The number of halogens is 3. The van der Waals surface area contributed by atoms with Gasteiger partial charge in [-0.1, -0.05) is 0 Å². The minimum Gasteiger partial charge on any atom is -0.487 e. The Morgan fingerprint density at radius 2 is 2.00 bits per heavy atom. The average molecular weight is 338 g/mol. The van der Waals surface area contributed by atoms with E-state index in [1.807, 2.05) is 5.32 Å². The molecule has 0 saturated carbocycles. The molecule has 1 amide bonds. The average Bonchev–Trinajstić information content (AvgIpc) is 2.56. The number of carbonyl (C=O) groups is 1. The summed E-state index contributed by atoms with van der Waals surface area (Å²) in [5.41, 5.74) is 0.451. The van der Waals surface area contributed by atoms with Gasteiger partial charge in [-0.2, -0.15) is 0 Å². The van der Waals surface area contributed by atoms with E-state index in [1.165, 1.54) is 30.5 Å². The van der Waals surface area contributed by atoms with Crippen LogP contribution in [0.25, 0.3) is 11.3 Å². The predicted octanol–water partition coefficient (Wildman–Crippen LogP) is 3.53. The highest BCUT2D eigenvalue weighted by Crippen LogP contribution is 2.24. The first-order valence-corrected chi connectivity index (χ1v) is 6.79. The summed E-state index contributed by atoms with van der Waals surface area (Å²) in [6.45, 7) is -0.525. The third-order valence-electron chi connectivity index (χ3n) is 2.98. The van der Waals surface area contributed by atoms with Crippen LogP contribution in [0, 0.1) is 11.6 Å². The molecule has 0 radical (unpaired) electrons. The number of nitrogens with zero attached hydrogens (tertiary/aromatic N) is 1. The molecule has 1 aromatic heterocycles. The van der Waals surface area contributed by atoms with Crippen LogP contribution in [-0.2, 0) is 0 Å². The van der Waals surface area contributed by atoms with E-state index in [9.17, 15) is 18.0 Å². The molecule has 5 nitrogen and oxygen atoms in total. The van der Waals surface area contributed by atoms with E-state index in [1.54, 1.807) is 0 Å². The second-order valence-corrected chi connectivity index (χ2v) is 4.72. The minimum atomic E-state index is -1.30. The van der Waals surface area contributed by atoms with Crippen LogP contribution in [0.5, 0.6) is 5.75 Å². The number of pyridine rings is 1. The molecule has 1 aromatic carbocycles. The Bertz CT molecular complexity index is 749. The van der Waals surface area contributed by atoms with Crippen LogP contribution < -0.4 is 10.1 Å². The van der Waals surface area contributed by atoms with E-state index < -0.39 is 17.7 Å². The van der Waals surface area contributed by atoms with Crippen LogP contribution in [0.3, 0.4) is 0 Å². The largest absolute Gasteiger partial charge is 0.487 e. The highest BCUT2D eigenvalue weighted by Gasteiger charge is 2.10. The highest BCUT2D eigenvalue weighted by molar-refractivity contribution is 5.64. The Labute approximate surface area is 135 Å². The fraction of sp³-hybridized carbons (Fsp3) is 0.125. The van der Waals surface area contributed by atoms with Crippen molar-refractivity contribution in [2.45, 2.75) is 0 Å². The molecule has 2 N–H and O–H groups in total. The normalized spacial score (nSPS) is 11.2. The maximum Gasteiger partial charge on any atom is 0.404 e. The molecule has 0 spiro atoms. The van der Waals surface area contributed by atoms with Gasteiger partial charge in [0, 0.05) is 23.7 Å². The molecule has 0 aliphatic carbocycles. The van der Waals surface area contributed by atoms with Crippen LogP contribution in [0.4, 0.5) is 18.0 Å². The standard InChI is InChI=1S/C16H13F3N2O3/c17-6-10(7-21-16(22)23)9-24-13-5-14(19)15(20-8-13)11-1-3-12(18)4-2-11/h1-6,8,21H,7,9H2,(H,22,23). The molecular formula is C16H13F3N2O3. The third-order valence-corrected chi connectivity index (χ3v) is 2.98. The van der Waals surface area contributed by atoms with E-state index in [0.717, 1.165) is 6.07 Å². The van der Waals surface area contributed by atoms with Gasteiger partial charge in [-0.25, -0.2) is 22.9 Å². The summed E-state index contributed by atoms with van der Waals surface area (Å²) < 4.78 is 44.8. The molecule has 0 aliphatic heterocycles. The van der Waals surface area contributed by atoms with Crippen molar-refractivity contribution in [3.8, 4) is 17.0 Å². The quantitative estimate of drug-likeness (QED) is 0.845. The summed E-state index contributed by atoms with van der Waals surface area (Å²) in [7, 11) is 0. The van der Waals surface area contributed by atoms with Gasteiger partial charge in [0.2, 0.25) is 0 Å². The number of benzene rings is 1. The number of hydrogen-bond acceptors (Lipinski definition) is 3. The smallest absolute Gasteiger partial charge is 0.404 e. The predicted molar refractivity (Wildman–Crippen MR) is 80.3 cm³/mol. The molecule has 0 fully saturated rings. The Balaban J connectivity index is 2.04. The number of ether oxygens (including phenoxy) is 1. The molecule has 126 valence electrons. The topological polar surface area (TPSA) is 71.5 Å². The van der Waals surface area contributed by atoms with E-state index in [0.29, 0.717) is 5.56 Å². The summed E-state index contributed by atoms with van der Waals surface area (Å²) in [6.07, 6.45) is 0.153. The molecular weight excluding hydrogens is 325 g/mol. The molecule has 0 unspecified atom stereocenters. The fourth-order valence-corrected chi connectivity index (χ4v) is 1.81. The lowest BCUT2D eigenvalue weighted by atomic mass is 10.1. The first kappa shape index (κ1) is 17.3. The minimum absolute atomic E-state index is 0.0242. The molecule has 2 aromatic rings. The van der Waals surface area contributed by atoms with E-state index in [-0.39, 0.29) is 36.5 Å². The number of hydrogen-bond donors (Lipinski definition) is 2. The van der Waals surface area contributed by atoms with Crippen molar-refractivity contribution >= 4 is 6.09 Å². The van der Waals surface area contributed by atoms with Crippen LogP contribution in [0.15, 0.2) is 48.4 Å². The maximum atomic E-state index is 14.1. The Morgan fingerprint density at radius 1 is 1.29 bits per heavy atom. The summed E-state index contributed by atoms with van der Waals surface area (Å²) in [5.74, 6) is -1.08. The van der Waals surface area contributed by atoms with Crippen LogP contribution in [0.2, 0.25) is 0 Å².